The first-order valence-corrected chi connectivity index (χ1v) is 6.96. The number of nitrogens with two attached hydrogens (primary N) is 1. The van der Waals surface area contributed by atoms with Crippen molar-refractivity contribution >= 4 is 29.7 Å². The Morgan fingerprint density at radius 1 is 1.35 bits per heavy atom. The average molecular weight is 309 g/mol. The normalized spacial score (nSPS) is 19.2. The van der Waals surface area contributed by atoms with Gasteiger partial charge in [0, 0.05) is 12.4 Å². The van der Waals surface area contributed by atoms with E-state index >= 15 is 0 Å². The van der Waals surface area contributed by atoms with Crippen LogP contribution in [-0.2, 0) is 23.9 Å². The predicted molar refractivity (Wildman–Crippen MR) is 71.3 cm³/mol. The molecule has 8 nitrogen and oxygen atoms in total. The molecule has 0 aromatic heterocycles. The van der Waals surface area contributed by atoms with Crippen LogP contribution in [0.2, 0.25) is 0 Å². The Kier molecular flexibility index (Phi) is 9.77. The lowest BCUT2D eigenvalue weighted by atomic mass is 10.2. The molecule has 20 heavy (non-hydrogen) atoms. The van der Waals surface area contributed by atoms with Crippen LogP contribution in [0.5, 0.6) is 0 Å². The monoisotopic (exact) mass is 309 g/mol. The van der Waals surface area contributed by atoms with Gasteiger partial charge in [-0.05, 0) is 19.3 Å². The number of carbonyl (C=O) groups excluding carboxylic acids is 1. The van der Waals surface area contributed by atoms with Gasteiger partial charge in [-0.15, -0.1) is 11.8 Å². The van der Waals surface area contributed by atoms with E-state index in [1.54, 1.807) is 11.8 Å². The Morgan fingerprint density at radius 3 is 2.35 bits per heavy atom. The molecule has 1 fully saturated rings. The van der Waals surface area contributed by atoms with Gasteiger partial charge in [-0.1, -0.05) is 0 Å². The van der Waals surface area contributed by atoms with E-state index in [0.29, 0.717) is 5.75 Å². The Hall–Kier alpha value is -1.32. The van der Waals surface area contributed by atoms with E-state index in [2.05, 4.69) is 4.74 Å². The van der Waals surface area contributed by atoms with Crippen molar-refractivity contribution in [1.29, 1.82) is 0 Å². The zero-order chi connectivity index (χ0) is 15.5. The van der Waals surface area contributed by atoms with E-state index in [4.69, 9.17) is 30.3 Å². The topological polar surface area (TPSA) is 136 Å². The largest absolute Gasteiger partial charge is 0.473 e. The van der Waals surface area contributed by atoms with Crippen LogP contribution in [0, 0.1) is 0 Å². The third kappa shape index (κ3) is 8.73. The Bertz CT molecular complexity index is 319. The molecule has 2 atom stereocenters. The fraction of sp³-hybridized carbons (Fsp3) is 0.727. The zero-order valence-electron chi connectivity index (χ0n) is 11.1. The van der Waals surface area contributed by atoms with Gasteiger partial charge in [-0.25, -0.2) is 9.59 Å². The highest BCUT2D eigenvalue weighted by Crippen LogP contribution is 2.23. The summed E-state index contributed by atoms with van der Waals surface area (Å²) in [5, 5.41) is 14.8. The molecule has 0 spiro atoms. The minimum atomic E-state index is -1.82. The van der Waals surface area contributed by atoms with Gasteiger partial charge in [-0.2, -0.15) is 0 Å². The number of hydrogen-bond donors (Lipinski definition) is 3. The molecule has 0 aromatic carbocycles. The summed E-state index contributed by atoms with van der Waals surface area (Å²) >= 11 is 1.60. The van der Waals surface area contributed by atoms with E-state index in [0.717, 1.165) is 19.4 Å². The number of esters is 1. The van der Waals surface area contributed by atoms with Crippen LogP contribution in [0.1, 0.15) is 19.3 Å². The molecule has 1 saturated heterocycles. The van der Waals surface area contributed by atoms with Crippen molar-refractivity contribution in [2.45, 2.75) is 30.7 Å². The molecule has 0 saturated carbocycles. The molecule has 1 aliphatic rings. The number of carboxylic acids is 2. The van der Waals surface area contributed by atoms with Crippen LogP contribution < -0.4 is 5.73 Å². The fourth-order valence-corrected chi connectivity index (χ4v) is 2.36. The van der Waals surface area contributed by atoms with E-state index in [1.165, 1.54) is 13.5 Å². The van der Waals surface area contributed by atoms with Crippen LogP contribution in [0.15, 0.2) is 0 Å². The smallest absolute Gasteiger partial charge is 0.414 e. The SMILES string of the molecule is COC(=O)C(N)CSC1CCCCO1.O=C(O)C(=O)O. The van der Waals surface area contributed by atoms with Gasteiger partial charge in [0.2, 0.25) is 0 Å². The van der Waals surface area contributed by atoms with Crippen molar-refractivity contribution in [3.8, 4) is 0 Å². The highest BCUT2D eigenvalue weighted by Gasteiger charge is 2.19. The van der Waals surface area contributed by atoms with Crippen molar-refractivity contribution < 1.29 is 34.1 Å². The molecule has 9 heteroatoms. The highest BCUT2D eigenvalue weighted by molar-refractivity contribution is 7.99. The lowest BCUT2D eigenvalue weighted by Crippen LogP contribution is -2.35. The minimum Gasteiger partial charge on any atom is -0.473 e. The minimum absolute atomic E-state index is 0.208. The van der Waals surface area contributed by atoms with Gasteiger partial charge in [0.1, 0.15) is 11.5 Å². The van der Waals surface area contributed by atoms with E-state index in [-0.39, 0.29) is 11.4 Å². The van der Waals surface area contributed by atoms with Gasteiger partial charge in [0.25, 0.3) is 0 Å². The summed E-state index contributed by atoms with van der Waals surface area (Å²) in [7, 11) is 1.35. The van der Waals surface area contributed by atoms with Crippen molar-refractivity contribution in [2.24, 2.45) is 5.73 Å². The molecule has 1 aliphatic heterocycles. The van der Waals surface area contributed by atoms with E-state index < -0.39 is 18.0 Å². The first-order chi connectivity index (χ1) is 9.38. The van der Waals surface area contributed by atoms with Crippen LogP contribution in [0.3, 0.4) is 0 Å². The summed E-state index contributed by atoms with van der Waals surface area (Å²) < 4.78 is 10.0. The van der Waals surface area contributed by atoms with Gasteiger partial charge in [-0.3, -0.25) is 4.79 Å². The summed E-state index contributed by atoms with van der Waals surface area (Å²) in [5.74, 6) is -3.43. The number of ether oxygens (including phenoxy) is 2. The number of aliphatic carboxylic acids is 2. The molecular weight excluding hydrogens is 290 g/mol. The highest BCUT2D eigenvalue weighted by atomic mass is 32.2. The standard InChI is InChI=1S/C9H17NO3S.C2H2O4/c1-12-9(11)7(10)6-14-8-4-2-3-5-13-8;3-1(4)2(5)6/h7-8H,2-6,10H2,1H3;(H,3,4)(H,5,6). The Balaban J connectivity index is 0.000000511. The first kappa shape index (κ1) is 18.7. The molecule has 1 heterocycles. The van der Waals surface area contributed by atoms with Gasteiger partial charge in [0.15, 0.2) is 0 Å². The summed E-state index contributed by atoms with van der Waals surface area (Å²) in [5.41, 5.74) is 5.80. The molecule has 116 valence electrons. The first-order valence-electron chi connectivity index (χ1n) is 5.91. The molecule has 4 N–H and O–H groups in total. The third-order valence-electron chi connectivity index (χ3n) is 2.29. The summed E-state index contributed by atoms with van der Waals surface area (Å²) in [6.45, 7) is 0.825. The second-order valence-corrected chi connectivity index (χ2v) is 5.06. The maximum atomic E-state index is 11.0. The Morgan fingerprint density at radius 2 is 1.95 bits per heavy atom. The summed E-state index contributed by atoms with van der Waals surface area (Å²) in [4.78, 5) is 29.2. The number of hydrogen-bond acceptors (Lipinski definition) is 7. The Labute approximate surface area is 120 Å². The van der Waals surface area contributed by atoms with E-state index in [1.807, 2.05) is 0 Å². The van der Waals surface area contributed by atoms with Crippen LogP contribution >= 0.6 is 11.8 Å². The molecule has 0 amide bonds. The second-order valence-electron chi connectivity index (χ2n) is 3.87. The van der Waals surface area contributed by atoms with Crippen molar-refractivity contribution in [3.05, 3.63) is 0 Å². The van der Waals surface area contributed by atoms with Crippen molar-refractivity contribution in [3.63, 3.8) is 0 Å². The molecule has 0 aliphatic carbocycles. The molecule has 2 unspecified atom stereocenters. The van der Waals surface area contributed by atoms with Crippen molar-refractivity contribution in [1.82, 2.24) is 0 Å². The molecular formula is C11H19NO7S. The second kappa shape index (κ2) is 10.5. The number of carboxylic acid groups (broad SMARTS) is 2. The average Bonchev–Trinajstić information content (AvgIpc) is 2.45. The number of rotatable bonds is 4. The van der Waals surface area contributed by atoms with Gasteiger partial charge < -0.3 is 25.4 Å². The molecule has 0 bridgehead atoms. The molecule has 0 aromatic rings. The lowest BCUT2D eigenvalue weighted by Gasteiger charge is -2.22. The maximum Gasteiger partial charge on any atom is 0.414 e. The number of carbonyl (C=O) groups is 3. The maximum absolute atomic E-state index is 11.0. The van der Waals surface area contributed by atoms with Crippen molar-refractivity contribution in [2.75, 3.05) is 19.5 Å². The fourth-order valence-electron chi connectivity index (χ4n) is 1.27. The molecule has 0 radical (unpaired) electrons. The summed E-state index contributed by atoms with van der Waals surface area (Å²) in [6.07, 6.45) is 3.39. The number of thioether (sulfide) groups is 1. The van der Waals surface area contributed by atoms with Crippen LogP contribution in [-0.4, -0.2) is 59.1 Å². The van der Waals surface area contributed by atoms with Crippen LogP contribution in [0.4, 0.5) is 0 Å². The number of methoxy groups -OCH3 is 1. The van der Waals surface area contributed by atoms with Gasteiger partial charge >= 0.3 is 17.9 Å². The zero-order valence-corrected chi connectivity index (χ0v) is 11.9. The predicted octanol–water partition coefficient (Wildman–Crippen LogP) is -0.0979. The quantitative estimate of drug-likeness (QED) is 0.480. The molecule has 1 rings (SSSR count). The van der Waals surface area contributed by atoms with Gasteiger partial charge in [0.05, 0.1) is 7.11 Å². The third-order valence-corrected chi connectivity index (χ3v) is 3.58. The van der Waals surface area contributed by atoms with Crippen LogP contribution in [0.25, 0.3) is 0 Å². The lowest BCUT2D eigenvalue weighted by molar-refractivity contribution is -0.159. The van der Waals surface area contributed by atoms with E-state index in [9.17, 15) is 4.79 Å². The summed E-state index contributed by atoms with van der Waals surface area (Å²) in [6, 6.07) is -0.532.